The molecular weight excluding hydrogens is 514 g/mol. The van der Waals surface area contributed by atoms with Gasteiger partial charge in [0.1, 0.15) is 33.4 Å². The van der Waals surface area contributed by atoms with Crippen molar-refractivity contribution in [2.75, 3.05) is 29.6 Å². The van der Waals surface area contributed by atoms with Crippen LogP contribution in [0.2, 0.25) is 0 Å². The monoisotopic (exact) mass is 541 g/mol. The molecule has 39 heavy (non-hydrogen) atoms. The summed E-state index contributed by atoms with van der Waals surface area (Å²) in [4.78, 5) is 26.8. The molecule has 198 valence electrons. The lowest BCUT2D eigenvalue weighted by molar-refractivity contribution is -0.122. The maximum absolute atomic E-state index is 13.8. The second kappa shape index (κ2) is 9.36. The molecule has 2 aliphatic rings. The van der Waals surface area contributed by atoms with Gasteiger partial charge in [-0.2, -0.15) is 0 Å². The number of nitrogens with zero attached hydrogens (tertiary/aromatic N) is 2. The third-order valence-corrected chi connectivity index (χ3v) is 7.83. The molecular formula is C30H27N3O5S. The number of thiophene rings is 1. The van der Waals surface area contributed by atoms with E-state index < -0.39 is 11.5 Å². The van der Waals surface area contributed by atoms with Crippen molar-refractivity contribution in [1.29, 1.82) is 0 Å². The number of carbonyl (C=O) groups excluding carboxylic acids is 2. The highest BCUT2D eigenvalue weighted by Gasteiger charge is 2.47. The second-order valence-electron chi connectivity index (χ2n) is 9.81. The highest BCUT2D eigenvalue weighted by atomic mass is 32.1. The highest BCUT2D eigenvalue weighted by molar-refractivity contribution is 7.12. The first kappa shape index (κ1) is 24.8. The Kier molecular flexibility index (Phi) is 5.95. The lowest BCUT2D eigenvalue weighted by atomic mass is 9.93. The molecule has 0 atom stereocenters. The van der Waals surface area contributed by atoms with E-state index in [-0.39, 0.29) is 5.91 Å². The molecule has 0 bridgehead atoms. The summed E-state index contributed by atoms with van der Waals surface area (Å²) in [5.41, 5.74) is 4.37. The predicted octanol–water partition coefficient (Wildman–Crippen LogP) is 6.12. The van der Waals surface area contributed by atoms with E-state index in [2.05, 4.69) is 5.32 Å². The number of methoxy groups -OCH3 is 2. The first-order valence-electron chi connectivity index (χ1n) is 12.5. The standard InChI is InChI=1S/C30H27N3O5S/c1-30(2)29(35)33-27-21(17-32(33)23-8-5-6-9-24(23)36-3)19(13-14-22(27)31-30)20-12-11-18(16-25(20)37-4)38-28(34)26-10-7-15-39-26/h5-16,31H,17H2,1-4H3. The van der Waals surface area contributed by atoms with Crippen molar-refractivity contribution in [1.82, 2.24) is 0 Å². The van der Waals surface area contributed by atoms with Crippen molar-refractivity contribution in [3.63, 3.8) is 0 Å². The van der Waals surface area contributed by atoms with E-state index in [0.29, 0.717) is 28.7 Å². The summed E-state index contributed by atoms with van der Waals surface area (Å²) >= 11 is 1.33. The van der Waals surface area contributed by atoms with Crippen molar-refractivity contribution >= 4 is 40.3 Å². The molecule has 1 N–H and O–H groups in total. The molecule has 0 spiro atoms. The van der Waals surface area contributed by atoms with Crippen LogP contribution in [0.3, 0.4) is 0 Å². The summed E-state index contributed by atoms with van der Waals surface area (Å²) in [5, 5.41) is 8.96. The topological polar surface area (TPSA) is 80.3 Å². The van der Waals surface area contributed by atoms with Gasteiger partial charge in [0.2, 0.25) is 0 Å². The Morgan fingerprint density at radius 3 is 2.46 bits per heavy atom. The average Bonchev–Trinajstić information content (AvgIpc) is 3.61. The largest absolute Gasteiger partial charge is 0.496 e. The summed E-state index contributed by atoms with van der Waals surface area (Å²) in [5.74, 6) is 1.13. The number of amides is 1. The van der Waals surface area contributed by atoms with Crippen LogP contribution in [-0.4, -0.2) is 31.6 Å². The van der Waals surface area contributed by atoms with Crippen LogP contribution < -0.4 is 29.5 Å². The number of anilines is 3. The van der Waals surface area contributed by atoms with Crippen molar-refractivity contribution in [2.24, 2.45) is 0 Å². The van der Waals surface area contributed by atoms with E-state index in [9.17, 15) is 9.59 Å². The Morgan fingerprint density at radius 1 is 0.949 bits per heavy atom. The maximum Gasteiger partial charge on any atom is 0.353 e. The first-order valence-corrected chi connectivity index (χ1v) is 13.3. The molecule has 0 radical (unpaired) electrons. The van der Waals surface area contributed by atoms with Crippen molar-refractivity contribution in [3.8, 4) is 28.4 Å². The number of carbonyl (C=O) groups is 2. The number of hydrazine groups is 1. The third kappa shape index (κ3) is 4.06. The lowest BCUT2D eigenvalue weighted by Crippen LogP contribution is -2.57. The fraction of sp³-hybridized carbons (Fsp3) is 0.200. The quantitative estimate of drug-likeness (QED) is 0.233. The van der Waals surface area contributed by atoms with Crippen LogP contribution in [0.25, 0.3) is 11.1 Å². The normalized spacial score (nSPS) is 15.0. The molecule has 0 aliphatic carbocycles. The fourth-order valence-electron chi connectivity index (χ4n) is 5.14. The molecule has 0 unspecified atom stereocenters. The summed E-state index contributed by atoms with van der Waals surface area (Å²) in [6.45, 7) is 4.20. The van der Waals surface area contributed by atoms with E-state index in [1.165, 1.54) is 11.3 Å². The molecule has 0 saturated heterocycles. The Balaban J connectivity index is 1.45. The van der Waals surface area contributed by atoms with Crippen molar-refractivity contribution in [3.05, 3.63) is 82.6 Å². The average molecular weight is 542 g/mol. The van der Waals surface area contributed by atoms with Crippen LogP contribution in [0.1, 0.15) is 29.1 Å². The number of benzene rings is 3. The SMILES string of the molecule is COc1cc(OC(=O)c2cccs2)ccc1-c1ccc2c3c1CN(c1ccccc1OC)N3C(=O)C(C)(C)N2. The number of hydrogen-bond acceptors (Lipinski definition) is 8. The Morgan fingerprint density at radius 2 is 1.72 bits per heavy atom. The smallest absolute Gasteiger partial charge is 0.353 e. The zero-order valence-corrected chi connectivity index (χ0v) is 22.8. The minimum Gasteiger partial charge on any atom is -0.496 e. The van der Waals surface area contributed by atoms with Crippen LogP contribution in [0.5, 0.6) is 17.2 Å². The summed E-state index contributed by atoms with van der Waals surface area (Å²) in [6.07, 6.45) is 0. The molecule has 1 aromatic heterocycles. The number of ether oxygens (including phenoxy) is 3. The lowest BCUT2D eigenvalue weighted by Gasteiger charge is -2.41. The van der Waals surface area contributed by atoms with Gasteiger partial charge in [-0.15, -0.1) is 11.3 Å². The van der Waals surface area contributed by atoms with Crippen LogP contribution in [0.15, 0.2) is 72.1 Å². The van der Waals surface area contributed by atoms with Gasteiger partial charge < -0.3 is 19.5 Å². The molecule has 3 aromatic carbocycles. The number of para-hydroxylation sites is 2. The second-order valence-corrected chi connectivity index (χ2v) is 10.8. The molecule has 8 nitrogen and oxygen atoms in total. The highest BCUT2D eigenvalue weighted by Crippen LogP contribution is 2.51. The number of rotatable bonds is 6. The van der Waals surface area contributed by atoms with Gasteiger partial charge in [0, 0.05) is 17.2 Å². The maximum atomic E-state index is 13.8. The van der Waals surface area contributed by atoms with Crippen molar-refractivity contribution in [2.45, 2.75) is 25.9 Å². The summed E-state index contributed by atoms with van der Waals surface area (Å²) < 4.78 is 17.0. The number of hydrogen-bond donors (Lipinski definition) is 1. The molecule has 2 aliphatic heterocycles. The van der Waals surface area contributed by atoms with Gasteiger partial charge in [-0.25, -0.2) is 9.80 Å². The third-order valence-electron chi connectivity index (χ3n) is 6.98. The van der Waals surface area contributed by atoms with Gasteiger partial charge in [-0.3, -0.25) is 9.80 Å². The molecule has 0 saturated carbocycles. The van der Waals surface area contributed by atoms with Gasteiger partial charge in [-0.1, -0.05) is 24.3 Å². The van der Waals surface area contributed by atoms with Crippen LogP contribution in [0, 0.1) is 0 Å². The molecule has 0 fully saturated rings. The minimum absolute atomic E-state index is 0.0698. The molecule has 4 aromatic rings. The first-order chi connectivity index (χ1) is 18.8. The van der Waals surface area contributed by atoms with Gasteiger partial charge in [0.15, 0.2) is 0 Å². The van der Waals surface area contributed by atoms with Crippen LogP contribution in [0.4, 0.5) is 17.1 Å². The minimum atomic E-state index is -0.803. The van der Waals surface area contributed by atoms with E-state index in [4.69, 9.17) is 14.2 Å². The van der Waals surface area contributed by atoms with Gasteiger partial charge in [0.25, 0.3) is 5.91 Å². The van der Waals surface area contributed by atoms with Gasteiger partial charge in [0.05, 0.1) is 32.1 Å². The van der Waals surface area contributed by atoms with Crippen molar-refractivity contribution < 1.29 is 23.8 Å². The summed E-state index contributed by atoms with van der Waals surface area (Å²) in [7, 11) is 3.21. The zero-order valence-electron chi connectivity index (χ0n) is 22.0. The van der Waals surface area contributed by atoms with Gasteiger partial charge in [-0.05, 0) is 61.2 Å². The van der Waals surface area contributed by atoms with E-state index in [0.717, 1.165) is 33.8 Å². The summed E-state index contributed by atoms with van der Waals surface area (Å²) in [6, 6.07) is 20.6. The number of nitrogens with one attached hydrogen (secondary N) is 1. The van der Waals surface area contributed by atoms with E-state index >= 15 is 0 Å². The Hall–Kier alpha value is -4.50. The molecule has 6 rings (SSSR count). The van der Waals surface area contributed by atoms with Crippen LogP contribution in [-0.2, 0) is 11.3 Å². The fourth-order valence-corrected chi connectivity index (χ4v) is 5.74. The number of esters is 1. The molecule has 3 heterocycles. The van der Waals surface area contributed by atoms with E-state index in [1.54, 1.807) is 37.4 Å². The van der Waals surface area contributed by atoms with Crippen LogP contribution >= 0.6 is 11.3 Å². The Labute approximate surface area is 230 Å². The molecule has 1 amide bonds. The van der Waals surface area contributed by atoms with Gasteiger partial charge >= 0.3 is 5.97 Å². The Bertz CT molecular complexity index is 1600. The molecule has 9 heteroatoms. The predicted molar refractivity (Wildman–Crippen MR) is 152 cm³/mol. The van der Waals surface area contributed by atoms with E-state index in [1.807, 2.05) is 72.8 Å². The zero-order chi connectivity index (χ0) is 27.3.